The van der Waals surface area contributed by atoms with Crippen molar-refractivity contribution >= 4 is 22.6 Å². The van der Waals surface area contributed by atoms with Gasteiger partial charge in [-0.3, -0.25) is 14.9 Å². The number of aromatic nitrogens is 1. The van der Waals surface area contributed by atoms with E-state index in [2.05, 4.69) is 4.98 Å². The molecular formula is C20H19FN2O4. The lowest BCUT2D eigenvalue weighted by Gasteiger charge is -2.17. The van der Waals surface area contributed by atoms with Gasteiger partial charge in [0.2, 0.25) is 0 Å². The van der Waals surface area contributed by atoms with Gasteiger partial charge in [-0.2, -0.15) is 0 Å². The number of rotatable bonds is 6. The van der Waals surface area contributed by atoms with Gasteiger partial charge < -0.3 is 9.72 Å². The number of nitrogens with one attached hydrogen (secondary N) is 1. The average Bonchev–Trinajstić information content (AvgIpc) is 3.03. The smallest absolute Gasteiger partial charge is 0.306 e. The van der Waals surface area contributed by atoms with Gasteiger partial charge in [-0.05, 0) is 31.0 Å². The van der Waals surface area contributed by atoms with Crippen molar-refractivity contribution in [1.29, 1.82) is 0 Å². The summed E-state index contributed by atoms with van der Waals surface area (Å²) < 4.78 is 19.1. The Bertz CT molecular complexity index is 995. The van der Waals surface area contributed by atoms with Gasteiger partial charge in [0, 0.05) is 17.5 Å². The first-order valence-corrected chi connectivity index (χ1v) is 8.57. The van der Waals surface area contributed by atoms with Gasteiger partial charge in [-0.1, -0.05) is 29.8 Å². The predicted molar refractivity (Wildman–Crippen MR) is 99.2 cm³/mol. The lowest BCUT2D eigenvalue weighted by molar-refractivity contribution is -0.383. The van der Waals surface area contributed by atoms with Gasteiger partial charge in [0.05, 0.1) is 24.0 Å². The third-order valence-corrected chi connectivity index (χ3v) is 4.49. The zero-order valence-electron chi connectivity index (χ0n) is 15.0. The number of fused-ring (bicyclic) bond motifs is 1. The van der Waals surface area contributed by atoms with Crippen molar-refractivity contribution in [3.63, 3.8) is 0 Å². The highest BCUT2D eigenvalue weighted by molar-refractivity contribution is 5.92. The molecule has 0 fully saturated rings. The number of aryl methyl sites for hydroxylation is 1. The number of esters is 1. The van der Waals surface area contributed by atoms with Crippen LogP contribution in [-0.4, -0.2) is 22.5 Å². The monoisotopic (exact) mass is 370 g/mol. The molecule has 7 heteroatoms. The fourth-order valence-electron chi connectivity index (χ4n) is 3.22. The summed E-state index contributed by atoms with van der Waals surface area (Å²) in [4.78, 5) is 25.7. The third kappa shape index (κ3) is 3.81. The second kappa shape index (κ2) is 7.57. The first kappa shape index (κ1) is 18.6. The van der Waals surface area contributed by atoms with Crippen LogP contribution >= 0.6 is 0 Å². The van der Waals surface area contributed by atoms with Gasteiger partial charge in [0.15, 0.2) is 0 Å². The second-order valence-corrected chi connectivity index (χ2v) is 6.32. The van der Waals surface area contributed by atoms with Crippen LogP contribution in [-0.2, 0) is 9.53 Å². The lowest BCUT2D eigenvalue weighted by Crippen LogP contribution is -2.11. The minimum atomic E-state index is -0.700. The van der Waals surface area contributed by atoms with Crippen LogP contribution in [0.25, 0.3) is 10.9 Å². The first-order chi connectivity index (χ1) is 12.9. The molecule has 0 aliphatic carbocycles. The maximum absolute atomic E-state index is 14.0. The molecule has 0 radical (unpaired) electrons. The van der Waals surface area contributed by atoms with Gasteiger partial charge in [0.25, 0.3) is 5.69 Å². The summed E-state index contributed by atoms with van der Waals surface area (Å²) in [5.41, 5.74) is 2.42. The molecule has 0 saturated heterocycles. The highest BCUT2D eigenvalue weighted by Crippen LogP contribution is 2.37. The predicted octanol–water partition coefficient (Wildman–Crippen LogP) is 4.61. The van der Waals surface area contributed by atoms with E-state index in [9.17, 15) is 19.3 Å². The summed E-state index contributed by atoms with van der Waals surface area (Å²) in [6, 6.07) is 9.77. The van der Waals surface area contributed by atoms with Crippen LogP contribution < -0.4 is 0 Å². The number of nitro groups is 1. The van der Waals surface area contributed by atoms with Gasteiger partial charge >= 0.3 is 5.97 Å². The highest BCUT2D eigenvalue weighted by atomic mass is 19.1. The Morgan fingerprint density at radius 1 is 1.30 bits per heavy atom. The van der Waals surface area contributed by atoms with Crippen molar-refractivity contribution in [1.82, 2.24) is 4.98 Å². The van der Waals surface area contributed by atoms with Crippen LogP contribution in [0.15, 0.2) is 42.6 Å². The molecule has 27 heavy (non-hydrogen) atoms. The van der Waals surface area contributed by atoms with Crippen molar-refractivity contribution in [2.24, 2.45) is 0 Å². The molecule has 1 N–H and O–H groups in total. The normalized spacial score (nSPS) is 12.1. The van der Waals surface area contributed by atoms with E-state index in [0.29, 0.717) is 10.9 Å². The minimum absolute atomic E-state index is 0.0498. The summed E-state index contributed by atoms with van der Waals surface area (Å²) in [6.07, 6.45) is 1.65. The number of H-pyrrole nitrogens is 1. The lowest BCUT2D eigenvalue weighted by atomic mass is 9.88. The molecule has 0 aliphatic heterocycles. The Labute approximate surface area is 155 Å². The largest absolute Gasteiger partial charge is 0.466 e. The van der Waals surface area contributed by atoms with E-state index in [0.717, 1.165) is 17.2 Å². The molecule has 3 aromatic rings. The van der Waals surface area contributed by atoms with E-state index in [4.69, 9.17) is 4.74 Å². The van der Waals surface area contributed by atoms with Crippen LogP contribution in [0.1, 0.15) is 36.0 Å². The molecule has 1 heterocycles. The molecule has 6 nitrogen and oxygen atoms in total. The molecule has 0 saturated carbocycles. The van der Waals surface area contributed by atoms with E-state index in [1.165, 1.54) is 6.07 Å². The topological polar surface area (TPSA) is 85.2 Å². The summed E-state index contributed by atoms with van der Waals surface area (Å²) in [5.74, 6) is -1.50. The number of benzene rings is 2. The number of ether oxygens (including phenoxy) is 1. The molecule has 0 amide bonds. The Morgan fingerprint density at radius 3 is 2.63 bits per heavy atom. The number of non-ortho nitro benzene ring substituents is 1. The Balaban J connectivity index is 2.15. The number of hydrogen-bond acceptors (Lipinski definition) is 4. The molecule has 0 aliphatic rings. The maximum atomic E-state index is 14.0. The van der Waals surface area contributed by atoms with E-state index < -0.39 is 16.7 Å². The first-order valence-electron chi connectivity index (χ1n) is 8.57. The molecule has 0 bridgehead atoms. The van der Waals surface area contributed by atoms with Crippen molar-refractivity contribution in [3.05, 3.63) is 75.2 Å². The fourth-order valence-corrected chi connectivity index (χ4v) is 3.22. The molecule has 3 rings (SSSR count). The third-order valence-electron chi connectivity index (χ3n) is 4.49. The quantitative estimate of drug-likeness (QED) is 0.390. The van der Waals surface area contributed by atoms with Crippen molar-refractivity contribution in [3.8, 4) is 0 Å². The van der Waals surface area contributed by atoms with Crippen LogP contribution in [0.3, 0.4) is 0 Å². The standard InChI is InChI=1S/C20H19FN2O4/c1-3-27-19(24)10-15(13-6-4-12(2)5-7-13)17-11-22-20-16(17)8-14(21)9-18(20)23(25)26/h4-9,11,15,22H,3,10H2,1-2H3. The number of nitrogens with zero attached hydrogens (tertiary/aromatic N) is 1. The molecule has 1 aromatic heterocycles. The molecule has 2 aromatic carbocycles. The van der Waals surface area contributed by atoms with Crippen LogP contribution in [0.2, 0.25) is 0 Å². The molecule has 1 unspecified atom stereocenters. The summed E-state index contributed by atoms with van der Waals surface area (Å²) in [6.45, 7) is 3.94. The number of aromatic amines is 1. The summed E-state index contributed by atoms with van der Waals surface area (Å²) in [7, 11) is 0. The van der Waals surface area contributed by atoms with Crippen LogP contribution in [0.4, 0.5) is 10.1 Å². The SMILES string of the molecule is CCOC(=O)CC(c1ccc(C)cc1)c1c[nH]c2c([N+](=O)[O-])cc(F)cc12. The van der Waals surface area contributed by atoms with E-state index in [-0.39, 0.29) is 30.2 Å². The number of carbonyl (C=O) groups excluding carboxylic acids is 1. The van der Waals surface area contributed by atoms with Gasteiger partial charge in [-0.15, -0.1) is 0 Å². The van der Waals surface area contributed by atoms with Crippen LogP contribution in [0, 0.1) is 22.9 Å². The zero-order chi connectivity index (χ0) is 19.6. The number of carbonyl (C=O) groups is 1. The van der Waals surface area contributed by atoms with E-state index >= 15 is 0 Å². The fraction of sp³-hybridized carbons (Fsp3) is 0.250. The number of hydrogen-bond donors (Lipinski definition) is 1. The summed E-state index contributed by atoms with van der Waals surface area (Å²) >= 11 is 0. The van der Waals surface area contributed by atoms with Crippen molar-refractivity contribution in [2.45, 2.75) is 26.2 Å². The molecule has 140 valence electrons. The number of halogens is 1. The molecule has 0 spiro atoms. The van der Waals surface area contributed by atoms with Crippen molar-refractivity contribution < 1.29 is 18.8 Å². The summed E-state index contributed by atoms with van der Waals surface area (Å²) in [5, 5.41) is 11.6. The van der Waals surface area contributed by atoms with E-state index in [1.807, 2.05) is 31.2 Å². The van der Waals surface area contributed by atoms with Gasteiger partial charge in [0.1, 0.15) is 11.3 Å². The molecule has 1 atom stereocenters. The Kier molecular flexibility index (Phi) is 5.21. The maximum Gasteiger partial charge on any atom is 0.306 e. The van der Waals surface area contributed by atoms with E-state index in [1.54, 1.807) is 13.1 Å². The Hall–Kier alpha value is -3.22. The minimum Gasteiger partial charge on any atom is -0.466 e. The second-order valence-electron chi connectivity index (χ2n) is 6.32. The Morgan fingerprint density at radius 2 is 2.00 bits per heavy atom. The number of nitro benzene ring substituents is 1. The average molecular weight is 370 g/mol. The van der Waals surface area contributed by atoms with Gasteiger partial charge in [-0.25, -0.2) is 4.39 Å². The highest BCUT2D eigenvalue weighted by Gasteiger charge is 2.25. The van der Waals surface area contributed by atoms with Crippen LogP contribution in [0.5, 0.6) is 0 Å². The molecular weight excluding hydrogens is 351 g/mol. The van der Waals surface area contributed by atoms with Crippen molar-refractivity contribution in [2.75, 3.05) is 6.61 Å². The zero-order valence-corrected chi connectivity index (χ0v) is 15.0.